The lowest BCUT2D eigenvalue weighted by atomic mass is 10.1. The largest absolute Gasteiger partial charge is 0.493 e. The molecule has 32 heavy (non-hydrogen) atoms. The Kier molecular flexibility index (Phi) is 7.58. The van der Waals surface area contributed by atoms with E-state index >= 15 is 0 Å². The average Bonchev–Trinajstić information content (AvgIpc) is 3.08. The summed E-state index contributed by atoms with van der Waals surface area (Å²) in [6.45, 7) is 5.84. The van der Waals surface area contributed by atoms with Gasteiger partial charge in [0.15, 0.2) is 23.3 Å². The Balaban J connectivity index is 1.92. The number of thioether (sulfide) groups is 1. The van der Waals surface area contributed by atoms with Gasteiger partial charge in [0.25, 0.3) is 11.8 Å². The van der Waals surface area contributed by atoms with Gasteiger partial charge in [0.05, 0.1) is 17.7 Å². The van der Waals surface area contributed by atoms with E-state index in [1.165, 1.54) is 18.9 Å². The maximum Gasteiger partial charge on any atom is 0.266 e. The topological polar surface area (TPSA) is 94.2 Å². The molecule has 8 heteroatoms. The van der Waals surface area contributed by atoms with Gasteiger partial charge in [-0.3, -0.25) is 14.5 Å². The number of carbonyl (C=O) groups excluding carboxylic acids is 2. The summed E-state index contributed by atoms with van der Waals surface area (Å²) in [4.78, 5) is 31.3. The fourth-order valence-electron chi connectivity index (χ4n) is 3.06. The highest BCUT2D eigenvalue weighted by atomic mass is 32.2. The van der Waals surface area contributed by atoms with Crippen LogP contribution in [0, 0.1) is 6.92 Å². The Morgan fingerprint density at radius 2 is 1.94 bits per heavy atom. The molecule has 0 aliphatic carbocycles. The number of nitrogens with zero attached hydrogens (tertiary/aromatic N) is 2. The number of methoxy groups -OCH3 is 1. The molecule has 0 bridgehead atoms. The summed E-state index contributed by atoms with van der Waals surface area (Å²) in [5, 5.41) is 0.660. The Bertz CT molecular complexity index is 1060. The number of hydrogen-bond donors (Lipinski definition) is 1. The minimum atomic E-state index is -0.572. The van der Waals surface area contributed by atoms with Crippen LogP contribution in [0.2, 0.25) is 0 Å². The molecule has 1 aliphatic rings. The number of rotatable bonds is 8. The van der Waals surface area contributed by atoms with Crippen molar-refractivity contribution in [2.24, 2.45) is 10.7 Å². The van der Waals surface area contributed by atoms with Gasteiger partial charge in [0, 0.05) is 6.04 Å². The molecule has 0 aromatic heterocycles. The third kappa shape index (κ3) is 5.50. The van der Waals surface area contributed by atoms with Crippen molar-refractivity contribution in [2.75, 3.05) is 13.7 Å². The first-order valence-electron chi connectivity index (χ1n) is 10.3. The summed E-state index contributed by atoms with van der Waals surface area (Å²) < 4.78 is 10.7. The number of primary amides is 1. The first-order valence-corrected chi connectivity index (χ1v) is 11.1. The van der Waals surface area contributed by atoms with Crippen LogP contribution in [0.15, 0.2) is 52.4 Å². The van der Waals surface area contributed by atoms with Gasteiger partial charge < -0.3 is 15.2 Å². The lowest BCUT2D eigenvalue weighted by Crippen LogP contribution is -2.36. The molecule has 7 nitrogen and oxygen atoms in total. The van der Waals surface area contributed by atoms with Crippen molar-refractivity contribution < 1.29 is 19.1 Å². The predicted molar refractivity (Wildman–Crippen MR) is 128 cm³/mol. The fourth-order valence-corrected chi connectivity index (χ4v) is 4.15. The van der Waals surface area contributed by atoms with Crippen LogP contribution in [0.1, 0.15) is 31.4 Å². The zero-order valence-corrected chi connectivity index (χ0v) is 19.4. The molecule has 1 heterocycles. The predicted octanol–water partition coefficient (Wildman–Crippen LogP) is 4.27. The molecular weight excluding hydrogens is 426 g/mol. The van der Waals surface area contributed by atoms with Crippen LogP contribution >= 0.6 is 11.8 Å². The number of nitrogens with two attached hydrogens (primary N) is 1. The van der Waals surface area contributed by atoms with E-state index in [4.69, 9.17) is 20.2 Å². The number of aryl methyl sites for hydroxylation is 1. The molecule has 1 atom stereocenters. The van der Waals surface area contributed by atoms with Crippen LogP contribution in [0.4, 0.5) is 5.69 Å². The molecule has 0 saturated carbocycles. The third-order valence-electron chi connectivity index (χ3n) is 4.98. The average molecular weight is 454 g/mol. The van der Waals surface area contributed by atoms with E-state index in [0.717, 1.165) is 23.2 Å². The SMILES string of the molecule is CC[C@@H](C)N1C(=O)/C(=C\c2ccc(OCC(N)=O)c(OC)c2)SC1=Nc1ccc(C)cc1. The number of hydrogen-bond acceptors (Lipinski definition) is 6. The van der Waals surface area contributed by atoms with Gasteiger partial charge in [-0.1, -0.05) is 30.7 Å². The summed E-state index contributed by atoms with van der Waals surface area (Å²) in [7, 11) is 1.51. The Hall–Kier alpha value is -3.26. The lowest BCUT2D eigenvalue weighted by molar-refractivity contribution is -0.123. The van der Waals surface area contributed by atoms with Crippen LogP contribution in [-0.2, 0) is 9.59 Å². The summed E-state index contributed by atoms with van der Waals surface area (Å²) in [5.41, 5.74) is 7.87. The second-order valence-electron chi connectivity index (χ2n) is 7.44. The van der Waals surface area contributed by atoms with Crippen molar-refractivity contribution in [2.45, 2.75) is 33.2 Å². The highest BCUT2D eigenvalue weighted by Crippen LogP contribution is 2.37. The molecular formula is C24H27N3O4S. The lowest BCUT2D eigenvalue weighted by Gasteiger charge is -2.22. The van der Waals surface area contributed by atoms with Crippen LogP contribution in [-0.4, -0.2) is 41.6 Å². The number of carbonyl (C=O) groups is 2. The van der Waals surface area contributed by atoms with E-state index < -0.39 is 5.91 Å². The van der Waals surface area contributed by atoms with E-state index in [2.05, 4.69) is 0 Å². The molecule has 1 fully saturated rings. The Morgan fingerprint density at radius 3 is 2.56 bits per heavy atom. The van der Waals surface area contributed by atoms with Crippen molar-refractivity contribution in [3.63, 3.8) is 0 Å². The van der Waals surface area contributed by atoms with Gasteiger partial charge in [-0.05, 0) is 67.9 Å². The third-order valence-corrected chi connectivity index (χ3v) is 5.97. The van der Waals surface area contributed by atoms with Crippen molar-refractivity contribution in [3.05, 3.63) is 58.5 Å². The summed E-state index contributed by atoms with van der Waals surface area (Å²) in [6, 6.07) is 13.1. The van der Waals surface area contributed by atoms with E-state index in [1.807, 2.05) is 45.0 Å². The highest BCUT2D eigenvalue weighted by molar-refractivity contribution is 8.18. The first kappa shape index (κ1) is 23.4. The van der Waals surface area contributed by atoms with Gasteiger partial charge in [-0.25, -0.2) is 4.99 Å². The van der Waals surface area contributed by atoms with E-state index in [0.29, 0.717) is 21.6 Å². The maximum atomic E-state index is 13.2. The number of amides is 2. The molecule has 0 radical (unpaired) electrons. The number of benzene rings is 2. The molecule has 2 N–H and O–H groups in total. The summed E-state index contributed by atoms with van der Waals surface area (Å²) in [5.74, 6) is 0.199. The second kappa shape index (κ2) is 10.4. The standard InChI is InChI=1S/C24H27N3O4S/c1-5-16(3)27-23(29)21(32-24(27)26-18-9-6-15(2)7-10-18)13-17-8-11-19(20(12-17)30-4)31-14-22(25)28/h6-13,16H,5,14H2,1-4H3,(H2,25,28)/b21-13+,26-24?/t16-/m1/s1. The number of aliphatic imine (C=N–C) groups is 1. The molecule has 2 aromatic rings. The van der Waals surface area contributed by atoms with Crippen molar-refractivity contribution >= 4 is 40.5 Å². The van der Waals surface area contributed by atoms with Crippen LogP contribution < -0.4 is 15.2 Å². The van der Waals surface area contributed by atoms with Crippen LogP contribution in [0.3, 0.4) is 0 Å². The minimum Gasteiger partial charge on any atom is -0.493 e. The van der Waals surface area contributed by atoms with E-state index in [1.54, 1.807) is 29.2 Å². The van der Waals surface area contributed by atoms with E-state index in [-0.39, 0.29) is 18.6 Å². The van der Waals surface area contributed by atoms with Crippen molar-refractivity contribution in [1.29, 1.82) is 0 Å². The van der Waals surface area contributed by atoms with Crippen molar-refractivity contribution in [3.8, 4) is 11.5 Å². The first-order chi connectivity index (χ1) is 15.3. The zero-order valence-electron chi connectivity index (χ0n) is 18.6. The van der Waals surface area contributed by atoms with Crippen LogP contribution in [0.5, 0.6) is 11.5 Å². The Morgan fingerprint density at radius 1 is 1.22 bits per heavy atom. The maximum absolute atomic E-state index is 13.2. The van der Waals surface area contributed by atoms with E-state index in [9.17, 15) is 9.59 Å². The molecule has 3 rings (SSSR count). The smallest absolute Gasteiger partial charge is 0.266 e. The van der Waals surface area contributed by atoms with Crippen molar-refractivity contribution in [1.82, 2.24) is 4.90 Å². The van der Waals surface area contributed by atoms with Gasteiger partial charge in [-0.2, -0.15) is 0 Å². The molecule has 2 amide bonds. The second-order valence-corrected chi connectivity index (χ2v) is 8.45. The molecule has 0 unspecified atom stereocenters. The van der Waals surface area contributed by atoms with Gasteiger partial charge in [-0.15, -0.1) is 0 Å². The molecule has 1 aliphatic heterocycles. The fraction of sp³-hybridized carbons (Fsp3) is 0.292. The number of amidine groups is 1. The van der Waals surface area contributed by atoms with Crippen LogP contribution in [0.25, 0.3) is 6.08 Å². The van der Waals surface area contributed by atoms with Gasteiger partial charge >= 0.3 is 0 Å². The summed E-state index contributed by atoms with van der Waals surface area (Å²) in [6.07, 6.45) is 2.62. The summed E-state index contributed by atoms with van der Waals surface area (Å²) >= 11 is 1.35. The van der Waals surface area contributed by atoms with Gasteiger partial charge in [0.1, 0.15) is 0 Å². The highest BCUT2D eigenvalue weighted by Gasteiger charge is 2.36. The normalized spacial score (nSPS) is 17.1. The quantitative estimate of drug-likeness (QED) is 0.603. The monoisotopic (exact) mass is 453 g/mol. The zero-order chi connectivity index (χ0) is 23.3. The molecule has 1 saturated heterocycles. The minimum absolute atomic E-state index is 0.0178. The Labute approximate surface area is 192 Å². The molecule has 0 spiro atoms. The van der Waals surface area contributed by atoms with Gasteiger partial charge in [0.2, 0.25) is 0 Å². The number of ether oxygens (including phenoxy) is 2. The molecule has 2 aromatic carbocycles. The molecule has 168 valence electrons.